The number of nitrogens with two attached hydrogens (primary N) is 1. The van der Waals surface area contributed by atoms with Gasteiger partial charge in [-0.2, -0.15) is 0 Å². The summed E-state index contributed by atoms with van der Waals surface area (Å²) in [5.74, 6) is -0.595. The Morgan fingerprint density at radius 2 is 2.29 bits per heavy atom. The summed E-state index contributed by atoms with van der Waals surface area (Å²) >= 11 is 0. The fraction of sp³-hybridized carbons (Fsp3) is 0.200. The van der Waals surface area contributed by atoms with E-state index in [4.69, 9.17) is 5.73 Å². The molecule has 3 nitrogen and oxygen atoms in total. The van der Waals surface area contributed by atoms with Gasteiger partial charge >= 0.3 is 0 Å². The molecular formula is C10H13FN2O. The number of carbonyl (C=O) groups is 1. The number of allylic oxidation sites excluding steroid dienone is 4. The average Bonchev–Trinajstić information content (AvgIpc) is 2.11. The number of rotatable bonds is 5. The normalized spacial score (nSPS) is 13.3. The van der Waals surface area contributed by atoms with Crippen LogP contribution in [0.5, 0.6) is 0 Å². The Hall–Kier alpha value is -1.71. The molecule has 0 spiro atoms. The Labute approximate surface area is 82.5 Å². The molecule has 0 aromatic carbocycles. The van der Waals surface area contributed by atoms with Crippen LogP contribution in [0.1, 0.15) is 13.3 Å². The summed E-state index contributed by atoms with van der Waals surface area (Å²) in [6, 6.07) is 0. The molecule has 76 valence electrons. The predicted octanol–water partition coefficient (Wildman–Crippen LogP) is 1.88. The molecule has 0 rings (SSSR count). The van der Waals surface area contributed by atoms with Gasteiger partial charge in [0.1, 0.15) is 12.1 Å². The van der Waals surface area contributed by atoms with E-state index in [1.807, 2.05) is 6.92 Å². The molecule has 0 fully saturated rings. The molecule has 0 atom stereocenters. The standard InChI is InChI=1S/C10H13FN2O/c1-3-10(4-5-14)13-7-9(11)6-8(2)12/h4-7H,2-3,12H2,1H3/b9-6+,10-4-,13-7+. The minimum atomic E-state index is -0.595. The minimum absolute atomic E-state index is 0.117. The largest absolute Gasteiger partial charge is 0.399 e. The molecule has 0 saturated heterocycles. The lowest BCUT2D eigenvalue weighted by Crippen LogP contribution is -1.91. The lowest BCUT2D eigenvalue weighted by atomic mass is 10.3. The summed E-state index contributed by atoms with van der Waals surface area (Å²) in [5.41, 5.74) is 5.77. The molecule has 14 heavy (non-hydrogen) atoms. The molecule has 0 saturated carbocycles. The van der Waals surface area contributed by atoms with Gasteiger partial charge in [-0.25, -0.2) is 4.39 Å². The van der Waals surface area contributed by atoms with E-state index in [1.54, 1.807) is 0 Å². The number of hydrogen-bond donors (Lipinski definition) is 1. The Morgan fingerprint density at radius 1 is 1.64 bits per heavy atom. The van der Waals surface area contributed by atoms with Crippen molar-refractivity contribution in [2.75, 3.05) is 0 Å². The van der Waals surface area contributed by atoms with Crippen LogP contribution in [-0.2, 0) is 4.79 Å². The highest BCUT2D eigenvalue weighted by Crippen LogP contribution is 2.02. The van der Waals surface area contributed by atoms with E-state index in [0.29, 0.717) is 18.4 Å². The van der Waals surface area contributed by atoms with Gasteiger partial charge in [-0.05, 0) is 18.6 Å². The molecule has 0 aromatic heterocycles. The number of halogens is 1. The zero-order valence-electron chi connectivity index (χ0n) is 8.03. The third kappa shape index (κ3) is 5.88. The predicted molar refractivity (Wildman–Crippen MR) is 55.4 cm³/mol. The fourth-order valence-corrected chi connectivity index (χ4v) is 0.690. The number of hydrogen-bond acceptors (Lipinski definition) is 3. The Bertz CT molecular complexity index is 303. The first-order chi connectivity index (χ1) is 6.60. The van der Waals surface area contributed by atoms with Crippen LogP contribution in [0.25, 0.3) is 0 Å². The van der Waals surface area contributed by atoms with Gasteiger partial charge in [0.2, 0.25) is 0 Å². The summed E-state index contributed by atoms with van der Waals surface area (Å²) < 4.78 is 12.8. The lowest BCUT2D eigenvalue weighted by Gasteiger charge is -1.93. The first-order valence-corrected chi connectivity index (χ1v) is 4.10. The van der Waals surface area contributed by atoms with Crippen molar-refractivity contribution in [3.8, 4) is 0 Å². The second kappa shape index (κ2) is 6.77. The smallest absolute Gasteiger partial charge is 0.144 e. The summed E-state index contributed by atoms with van der Waals surface area (Å²) in [6.07, 6.45) is 4.50. The third-order valence-corrected chi connectivity index (χ3v) is 1.30. The first-order valence-electron chi connectivity index (χ1n) is 4.10. The summed E-state index contributed by atoms with van der Waals surface area (Å²) in [7, 11) is 0. The summed E-state index contributed by atoms with van der Waals surface area (Å²) in [5, 5.41) is 0. The third-order valence-electron chi connectivity index (χ3n) is 1.30. The van der Waals surface area contributed by atoms with E-state index >= 15 is 0 Å². The Balaban J connectivity index is 4.49. The van der Waals surface area contributed by atoms with E-state index in [-0.39, 0.29) is 5.70 Å². The van der Waals surface area contributed by atoms with Gasteiger partial charge in [-0.15, -0.1) is 0 Å². The molecule has 0 heterocycles. The highest BCUT2D eigenvalue weighted by Gasteiger charge is 1.91. The van der Waals surface area contributed by atoms with E-state index < -0.39 is 5.83 Å². The molecule has 0 aliphatic carbocycles. The van der Waals surface area contributed by atoms with Crippen LogP contribution >= 0.6 is 0 Å². The maximum absolute atomic E-state index is 12.8. The van der Waals surface area contributed by atoms with Crippen LogP contribution in [-0.4, -0.2) is 12.5 Å². The summed E-state index contributed by atoms with van der Waals surface area (Å²) in [4.78, 5) is 13.9. The van der Waals surface area contributed by atoms with Crippen LogP contribution in [0.15, 0.2) is 40.9 Å². The molecule has 0 aromatic rings. The van der Waals surface area contributed by atoms with Gasteiger partial charge in [0, 0.05) is 11.4 Å². The average molecular weight is 196 g/mol. The first kappa shape index (κ1) is 12.3. The fourth-order valence-electron chi connectivity index (χ4n) is 0.690. The monoisotopic (exact) mass is 196 g/mol. The molecule has 4 heteroatoms. The van der Waals surface area contributed by atoms with Gasteiger partial charge < -0.3 is 5.73 Å². The van der Waals surface area contributed by atoms with E-state index in [2.05, 4.69) is 11.6 Å². The molecule has 0 bridgehead atoms. The Morgan fingerprint density at radius 3 is 2.71 bits per heavy atom. The molecule has 0 radical (unpaired) electrons. The van der Waals surface area contributed by atoms with Gasteiger partial charge in [-0.1, -0.05) is 13.5 Å². The van der Waals surface area contributed by atoms with Crippen molar-refractivity contribution >= 4 is 12.5 Å². The van der Waals surface area contributed by atoms with Gasteiger partial charge in [0.15, 0.2) is 0 Å². The minimum Gasteiger partial charge on any atom is -0.399 e. The number of carbonyl (C=O) groups excluding carboxylic acids is 1. The van der Waals surface area contributed by atoms with Crippen LogP contribution in [0, 0.1) is 0 Å². The van der Waals surface area contributed by atoms with Gasteiger partial charge in [-0.3, -0.25) is 9.79 Å². The van der Waals surface area contributed by atoms with E-state index in [9.17, 15) is 9.18 Å². The summed E-state index contributed by atoms with van der Waals surface area (Å²) in [6.45, 7) is 5.12. The Kier molecular flexibility index (Phi) is 5.94. The molecular weight excluding hydrogens is 183 g/mol. The van der Waals surface area contributed by atoms with Crippen molar-refractivity contribution in [2.24, 2.45) is 10.7 Å². The molecule has 0 amide bonds. The molecule has 2 N–H and O–H groups in total. The van der Waals surface area contributed by atoms with Crippen LogP contribution in [0.2, 0.25) is 0 Å². The highest BCUT2D eigenvalue weighted by molar-refractivity contribution is 5.78. The van der Waals surface area contributed by atoms with Crippen molar-refractivity contribution in [3.05, 3.63) is 36.0 Å². The topological polar surface area (TPSA) is 55.4 Å². The lowest BCUT2D eigenvalue weighted by molar-refractivity contribution is -0.104. The van der Waals surface area contributed by atoms with Crippen molar-refractivity contribution in [3.63, 3.8) is 0 Å². The maximum atomic E-state index is 12.8. The molecule has 0 aliphatic heterocycles. The number of aliphatic imine (C=N–C) groups is 1. The second-order valence-corrected chi connectivity index (χ2v) is 2.51. The van der Waals surface area contributed by atoms with Crippen molar-refractivity contribution in [1.82, 2.24) is 0 Å². The van der Waals surface area contributed by atoms with Crippen molar-refractivity contribution in [1.29, 1.82) is 0 Å². The zero-order chi connectivity index (χ0) is 11.0. The molecule has 0 aliphatic rings. The van der Waals surface area contributed by atoms with Crippen molar-refractivity contribution < 1.29 is 9.18 Å². The van der Waals surface area contributed by atoms with E-state index in [1.165, 1.54) is 6.08 Å². The quantitative estimate of drug-likeness (QED) is 0.316. The maximum Gasteiger partial charge on any atom is 0.144 e. The van der Waals surface area contributed by atoms with Crippen LogP contribution < -0.4 is 5.73 Å². The van der Waals surface area contributed by atoms with Crippen LogP contribution in [0.3, 0.4) is 0 Å². The zero-order valence-corrected chi connectivity index (χ0v) is 8.03. The van der Waals surface area contributed by atoms with E-state index in [0.717, 1.165) is 12.3 Å². The van der Waals surface area contributed by atoms with Crippen LogP contribution in [0.4, 0.5) is 4.39 Å². The number of aldehydes is 1. The van der Waals surface area contributed by atoms with Gasteiger partial charge in [0.25, 0.3) is 0 Å². The van der Waals surface area contributed by atoms with Gasteiger partial charge in [0.05, 0.1) is 6.21 Å². The molecule has 0 unspecified atom stereocenters. The van der Waals surface area contributed by atoms with Crippen molar-refractivity contribution in [2.45, 2.75) is 13.3 Å². The highest BCUT2D eigenvalue weighted by atomic mass is 19.1. The number of nitrogens with zero attached hydrogens (tertiary/aromatic N) is 1. The second-order valence-electron chi connectivity index (χ2n) is 2.51. The SMILES string of the molecule is C=C(N)\C=C(F)/C=N/C(=C\C=O)CC.